The summed E-state index contributed by atoms with van der Waals surface area (Å²) in [7, 11) is 0. The first-order valence-electron chi connectivity index (χ1n) is 6.06. The molecule has 1 saturated carbocycles. The topological polar surface area (TPSA) is 56.7 Å². The van der Waals surface area contributed by atoms with Gasteiger partial charge in [-0.15, -0.1) is 5.10 Å². The number of nitrogens with zero attached hydrogens (tertiary/aromatic N) is 3. The van der Waals surface area contributed by atoms with Crippen LogP contribution in [0.4, 0.5) is 5.82 Å². The quantitative estimate of drug-likeness (QED) is 0.927. The second-order valence-corrected chi connectivity index (χ2v) is 5.81. The Bertz CT molecular complexity index is 590. The number of halogens is 1. The van der Waals surface area contributed by atoms with Crippen LogP contribution in [0.15, 0.2) is 16.6 Å². The molecule has 1 heterocycles. The highest BCUT2D eigenvalue weighted by molar-refractivity contribution is 9.10. The van der Waals surface area contributed by atoms with Gasteiger partial charge in [0.25, 0.3) is 0 Å². The molecular formula is C13H15BrN4. The highest BCUT2D eigenvalue weighted by Crippen LogP contribution is 2.43. The van der Waals surface area contributed by atoms with Gasteiger partial charge in [-0.3, -0.25) is 0 Å². The zero-order valence-electron chi connectivity index (χ0n) is 10.4. The molecule has 0 atom stereocenters. The molecule has 0 unspecified atom stereocenters. The van der Waals surface area contributed by atoms with Crippen molar-refractivity contribution in [3.8, 4) is 5.69 Å². The molecule has 1 aromatic heterocycles. The monoisotopic (exact) mass is 306 g/mol. The third-order valence-corrected chi connectivity index (χ3v) is 3.91. The number of hydrogen-bond donors (Lipinski definition) is 1. The molecule has 0 radical (unpaired) electrons. The molecule has 94 valence electrons. The van der Waals surface area contributed by atoms with Crippen LogP contribution < -0.4 is 5.73 Å². The zero-order valence-corrected chi connectivity index (χ0v) is 12.0. The maximum Gasteiger partial charge on any atom is 0.169 e. The first-order chi connectivity index (χ1) is 8.58. The van der Waals surface area contributed by atoms with Crippen molar-refractivity contribution in [2.24, 2.45) is 0 Å². The number of aromatic nitrogens is 3. The molecule has 3 rings (SSSR count). The fraction of sp³-hybridized carbons (Fsp3) is 0.385. The van der Waals surface area contributed by atoms with Crippen LogP contribution in [0, 0.1) is 13.8 Å². The summed E-state index contributed by atoms with van der Waals surface area (Å²) >= 11 is 3.62. The molecule has 1 fully saturated rings. The summed E-state index contributed by atoms with van der Waals surface area (Å²) in [4.78, 5) is 0. The fourth-order valence-corrected chi connectivity index (χ4v) is 3.22. The van der Waals surface area contributed by atoms with Crippen molar-refractivity contribution in [1.29, 1.82) is 0 Å². The maximum atomic E-state index is 5.94. The normalized spacial score (nSPS) is 15.1. The van der Waals surface area contributed by atoms with Crippen LogP contribution in [0.25, 0.3) is 5.69 Å². The molecule has 0 saturated heterocycles. The van der Waals surface area contributed by atoms with Crippen LogP contribution in [-0.4, -0.2) is 15.0 Å². The smallest absolute Gasteiger partial charge is 0.169 e. The fourth-order valence-electron chi connectivity index (χ4n) is 2.38. The number of aryl methyl sites for hydroxylation is 2. The van der Waals surface area contributed by atoms with Gasteiger partial charge in [0, 0.05) is 10.4 Å². The lowest BCUT2D eigenvalue weighted by atomic mass is 10.1. The molecule has 0 aliphatic heterocycles. The summed E-state index contributed by atoms with van der Waals surface area (Å²) in [5.41, 5.74) is 10.4. The number of nitrogens with two attached hydrogens (primary N) is 1. The minimum absolute atomic E-state index is 0.521. The van der Waals surface area contributed by atoms with Gasteiger partial charge < -0.3 is 5.73 Å². The summed E-state index contributed by atoms with van der Waals surface area (Å²) in [5, 5.41) is 8.24. The van der Waals surface area contributed by atoms with Gasteiger partial charge in [0.15, 0.2) is 5.82 Å². The molecule has 0 amide bonds. The molecule has 1 aromatic carbocycles. The second kappa shape index (κ2) is 4.09. The second-order valence-electron chi connectivity index (χ2n) is 4.96. The predicted octanol–water partition coefficient (Wildman–Crippen LogP) is 3.11. The van der Waals surface area contributed by atoms with E-state index in [9.17, 15) is 0 Å². The summed E-state index contributed by atoms with van der Waals surface area (Å²) in [6, 6.07) is 4.24. The van der Waals surface area contributed by atoms with Crippen molar-refractivity contribution in [2.75, 3.05) is 5.73 Å². The van der Waals surface area contributed by atoms with Crippen LogP contribution >= 0.6 is 15.9 Å². The lowest BCUT2D eigenvalue weighted by molar-refractivity contribution is 0.756. The van der Waals surface area contributed by atoms with E-state index in [2.05, 4.69) is 52.2 Å². The van der Waals surface area contributed by atoms with Gasteiger partial charge in [0.05, 0.1) is 11.4 Å². The largest absolute Gasteiger partial charge is 0.381 e. The zero-order chi connectivity index (χ0) is 12.9. The maximum absolute atomic E-state index is 5.94. The lowest BCUT2D eigenvalue weighted by Gasteiger charge is -2.12. The Morgan fingerprint density at radius 1 is 1.33 bits per heavy atom. The highest BCUT2D eigenvalue weighted by Gasteiger charge is 2.31. The van der Waals surface area contributed by atoms with Gasteiger partial charge >= 0.3 is 0 Å². The summed E-state index contributed by atoms with van der Waals surface area (Å²) in [5.74, 6) is 1.08. The molecule has 0 bridgehead atoms. The van der Waals surface area contributed by atoms with E-state index < -0.39 is 0 Å². The number of anilines is 1. The van der Waals surface area contributed by atoms with E-state index in [4.69, 9.17) is 5.73 Å². The van der Waals surface area contributed by atoms with Crippen molar-refractivity contribution < 1.29 is 0 Å². The first-order valence-corrected chi connectivity index (χ1v) is 6.85. The predicted molar refractivity (Wildman–Crippen MR) is 74.9 cm³/mol. The van der Waals surface area contributed by atoms with Gasteiger partial charge in [-0.1, -0.05) is 11.3 Å². The van der Waals surface area contributed by atoms with E-state index in [-0.39, 0.29) is 0 Å². The SMILES string of the molecule is Cc1cc(C)c(-n2nnc(N)c2C2CC2)c(Br)c1. The van der Waals surface area contributed by atoms with Gasteiger partial charge in [-0.25, -0.2) is 4.68 Å². The Hall–Kier alpha value is -1.36. The minimum Gasteiger partial charge on any atom is -0.381 e. The molecule has 1 aliphatic rings. The van der Waals surface area contributed by atoms with Gasteiger partial charge in [0.1, 0.15) is 0 Å². The van der Waals surface area contributed by atoms with E-state index in [0.29, 0.717) is 11.7 Å². The van der Waals surface area contributed by atoms with E-state index in [0.717, 1.165) is 15.9 Å². The Balaban J connectivity index is 2.21. The van der Waals surface area contributed by atoms with E-state index >= 15 is 0 Å². The van der Waals surface area contributed by atoms with Gasteiger partial charge in [-0.05, 0) is 59.8 Å². The van der Waals surface area contributed by atoms with Crippen LogP contribution in [0.3, 0.4) is 0 Å². The number of nitrogen functional groups attached to an aromatic ring is 1. The van der Waals surface area contributed by atoms with Crippen LogP contribution in [0.5, 0.6) is 0 Å². The molecule has 2 N–H and O–H groups in total. The van der Waals surface area contributed by atoms with E-state index in [1.54, 1.807) is 0 Å². The standard InChI is InChI=1S/C13H15BrN4/c1-7-5-8(2)11(10(14)6-7)18-12(9-3-4-9)13(15)16-17-18/h5-6,9H,3-4,15H2,1-2H3. The molecule has 5 heteroatoms. The van der Waals surface area contributed by atoms with Crippen molar-refractivity contribution in [3.63, 3.8) is 0 Å². The van der Waals surface area contributed by atoms with Crippen molar-refractivity contribution >= 4 is 21.7 Å². The summed E-state index contributed by atoms with van der Waals surface area (Å²) in [6.45, 7) is 4.17. The molecular weight excluding hydrogens is 292 g/mol. The van der Waals surface area contributed by atoms with Gasteiger partial charge in [-0.2, -0.15) is 0 Å². The van der Waals surface area contributed by atoms with Crippen LogP contribution in [-0.2, 0) is 0 Å². The van der Waals surface area contributed by atoms with Crippen LogP contribution in [0.2, 0.25) is 0 Å². The molecule has 4 nitrogen and oxygen atoms in total. The number of hydrogen-bond acceptors (Lipinski definition) is 3. The van der Waals surface area contributed by atoms with Crippen molar-refractivity contribution in [2.45, 2.75) is 32.6 Å². The van der Waals surface area contributed by atoms with Gasteiger partial charge in [0.2, 0.25) is 0 Å². The molecule has 2 aromatic rings. The minimum atomic E-state index is 0.521. The van der Waals surface area contributed by atoms with Crippen molar-refractivity contribution in [1.82, 2.24) is 15.0 Å². The van der Waals surface area contributed by atoms with E-state index in [1.165, 1.54) is 24.0 Å². The Morgan fingerprint density at radius 2 is 2.06 bits per heavy atom. The lowest BCUT2D eigenvalue weighted by Crippen LogP contribution is -2.06. The highest BCUT2D eigenvalue weighted by atomic mass is 79.9. The van der Waals surface area contributed by atoms with E-state index in [1.807, 2.05) is 4.68 Å². The Kier molecular flexibility index (Phi) is 2.66. The molecule has 1 aliphatic carbocycles. The number of benzene rings is 1. The van der Waals surface area contributed by atoms with Crippen molar-refractivity contribution in [3.05, 3.63) is 33.4 Å². The van der Waals surface area contributed by atoms with Crippen LogP contribution in [0.1, 0.15) is 35.6 Å². The average Bonchev–Trinajstić information content (AvgIpc) is 3.03. The third kappa shape index (κ3) is 1.82. The average molecular weight is 307 g/mol. The molecule has 0 spiro atoms. The third-order valence-electron chi connectivity index (χ3n) is 3.31. The summed E-state index contributed by atoms with van der Waals surface area (Å²) in [6.07, 6.45) is 2.36. The Labute approximate surface area is 114 Å². The first kappa shape index (κ1) is 11.7. The molecule has 18 heavy (non-hydrogen) atoms. The number of rotatable bonds is 2. The summed E-state index contributed by atoms with van der Waals surface area (Å²) < 4.78 is 2.93. The Morgan fingerprint density at radius 3 is 2.67 bits per heavy atom.